The van der Waals surface area contributed by atoms with E-state index in [0.717, 1.165) is 79.2 Å². The van der Waals surface area contributed by atoms with Gasteiger partial charge in [0.25, 0.3) is 0 Å². The van der Waals surface area contributed by atoms with Crippen molar-refractivity contribution in [1.82, 2.24) is 29.8 Å². The van der Waals surface area contributed by atoms with Gasteiger partial charge in [0.05, 0.1) is 29.3 Å². The Labute approximate surface area is 177 Å². The van der Waals surface area contributed by atoms with Gasteiger partial charge in [0.1, 0.15) is 11.5 Å². The molecule has 5 rings (SSSR count). The number of fused-ring (bicyclic) bond motifs is 1. The Morgan fingerprint density at radius 2 is 1.90 bits per heavy atom. The summed E-state index contributed by atoms with van der Waals surface area (Å²) in [5, 5.41) is 1.60. The molecule has 8 nitrogen and oxygen atoms in total. The smallest absolute Gasteiger partial charge is 0.187 e. The Balaban J connectivity index is 1.28. The molecule has 0 N–H and O–H groups in total. The summed E-state index contributed by atoms with van der Waals surface area (Å²) in [5.41, 5.74) is 3.09. The largest absolute Gasteiger partial charge is 0.378 e. The number of hydrogen-bond acceptors (Lipinski definition) is 9. The molecule has 0 aliphatic carbocycles. The molecule has 0 radical (unpaired) electrons. The monoisotopic (exact) mass is 429 g/mol. The van der Waals surface area contributed by atoms with Crippen LogP contribution in [0, 0.1) is 0 Å². The highest BCUT2D eigenvalue weighted by molar-refractivity contribution is 7.16. The van der Waals surface area contributed by atoms with E-state index in [0.29, 0.717) is 11.0 Å². The van der Waals surface area contributed by atoms with Crippen LogP contribution in [-0.4, -0.2) is 62.7 Å². The average molecular weight is 430 g/mol. The molecule has 29 heavy (non-hydrogen) atoms. The quantitative estimate of drug-likeness (QED) is 0.625. The zero-order valence-electron chi connectivity index (χ0n) is 15.8. The predicted molar refractivity (Wildman–Crippen MR) is 111 cm³/mol. The molecule has 5 heterocycles. The number of anilines is 1. The molecule has 0 saturated carbocycles. The van der Waals surface area contributed by atoms with Gasteiger partial charge in [-0.1, -0.05) is 22.9 Å². The van der Waals surface area contributed by atoms with Crippen molar-refractivity contribution in [1.29, 1.82) is 0 Å². The van der Waals surface area contributed by atoms with Crippen molar-refractivity contribution in [3.05, 3.63) is 46.2 Å². The van der Waals surface area contributed by atoms with Crippen LogP contribution in [0.1, 0.15) is 16.1 Å². The number of hydrogen-bond donors (Lipinski definition) is 0. The van der Waals surface area contributed by atoms with Crippen LogP contribution in [-0.2, 0) is 24.2 Å². The van der Waals surface area contributed by atoms with E-state index in [1.54, 1.807) is 23.7 Å². The Kier molecular flexibility index (Phi) is 5.36. The maximum Gasteiger partial charge on any atom is 0.187 e. The van der Waals surface area contributed by atoms with Gasteiger partial charge in [-0.3, -0.25) is 4.90 Å². The molecule has 1 saturated heterocycles. The number of nitrogens with zero attached hydrogens (tertiary/aromatic N) is 7. The van der Waals surface area contributed by atoms with Gasteiger partial charge in [-0.15, -0.1) is 0 Å². The van der Waals surface area contributed by atoms with Gasteiger partial charge in [-0.2, -0.15) is 0 Å². The highest BCUT2D eigenvalue weighted by Gasteiger charge is 2.23. The van der Waals surface area contributed by atoms with E-state index in [1.807, 2.05) is 6.20 Å². The Morgan fingerprint density at radius 3 is 2.72 bits per heavy atom. The van der Waals surface area contributed by atoms with Crippen molar-refractivity contribution in [2.24, 2.45) is 0 Å². The first-order chi connectivity index (χ1) is 14.3. The van der Waals surface area contributed by atoms with Gasteiger partial charge in [-0.25, -0.2) is 24.9 Å². The molecule has 0 atom stereocenters. The lowest BCUT2D eigenvalue weighted by Crippen LogP contribution is -2.36. The minimum atomic E-state index is 0.609. The van der Waals surface area contributed by atoms with Crippen LogP contribution >= 0.6 is 22.9 Å². The van der Waals surface area contributed by atoms with Crippen molar-refractivity contribution < 1.29 is 4.74 Å². The zero-order chi connectivity index (χ0) is 19.6. The van der Waals surface area contributed by atoms with Gasteiger partial charge in [-0.05, 0) is 0 Å². The minimum Gasteiger partial charge on any atom is -0.378 e. The topological polar surface area (TPSA) is 80.2 Å². The van der Waals surface area contributed by atoms with Crippen LogP contribution in [0.5, 0.6) is 0 Å². The Bertz CT molecular complexity index is 993. The average Bonchev–Trinajstić information content (AvgIpc) is 3.15. The molecule has 3 aromatic heterocycles. The summed E-state index contributed by atoms with van der Waals surface area (Å²) < 4.78 is 5.42. The molecule has 2 aliphatic heterocycles. The third kappa shape index (κ3) is 4.09. The first-order valence-electron chi connectivity index (χ1n) is 9.57. The molecule has 150 valence electrons. The summed E-state index contributed by atoms with van der Waals surface area (Å²) in [7, 11) is 0. The summed E-state index contributed by atoms with van der Waals surface area (Å²) in [6, 6.07) is 0. The van der Waals surface area contributed by atoms with E-state index in [9.17, 15) is 0 Å². The van der Waals surface area contributed by atoms with Crippen molar-refractivity contribution in [2.45, 2.75) is 19.5 Å². The van der Waals surface area contributed by atoms with Crippen LogP contribution in [0.3, 0.4) is 0 Å². The van der Waals surface area contributed by atoms with Gasteiger partial charge < -0.3 is 9.64 Å². The molecule has 0 unspecified atom stereocenters. The molecular weight excluding hydrogens is 410 g/mol. The zero-order valence-corrected chi connectivity index (χ0v) is 17.4. The number of morpholine rings is 1. The Morgan fingerprint density at radius 1 is 1.07 bits per heavy atom. The predicted octanol–water partition coefficient (Wildman–Crippen LogP) is 2.44. The fourth-order valence-corrected chi connectivity index (χ4v) is 4.93. The molecule has 0 amide bonds. The molecular formula is C19H20ClN7OS. The molecule has 3 aromatic rings. The van der Waals surface area contributed by atoms with E-state index in [-0.39, 0.29) is 0 Å². The molecule has 0 aromatic carbocycles. The van der Waals surface area contributed by atoms with E-state index in [4.69, 9.17) is 21.3 Å². The molecule has 2 aliphatic rings. The van der Waals surface area contributed by atoms with E-state index in [1.165, 1.54) is 6.33 Å². The van der Waals surface area contributed by atoms with Crippen molar-refractivity contribution in [3.63, 3.8) is 0 Å². The molecule has 1 fully saturated rings. The highest BCUT2D eigenvalue weighted by Crippen LogP contribution is 2.32. The van der Waals surface area contributed by atoms with E-state index >= 15 is 0 Å². The summed E-state index contributed by atoms with van der Waals surface area (Å²) in [6.45, 7) is 5.74. The second-order valence-corrected chi connectivity index (χ2v) is 8.48. The number of aromatic nitrogens is 5. The normalized spacial score (nSPS) is 17.3. The summed E-state index contributed by atoms with van der Waals surface area (Å²) in [5.74, 6) is 0.679. The summed E-state index contributed by atoms with van der Waals surface area (Å²) in [4.78, 5) is 27.7. The summed E-state index contributed by atoms with van der Waals surface area (Å²) >= 11 is 8.13. The fourth-order valence-electron chi connectivity index (χ4n) is 3.58. The fraction of sp³-hybridized carbons (Fsp3) is 0.421. The summed E-state index contributed by atoms with van der Waals surface area (Å²) in [6.07, 6.45) is 7.79. The van der Waals surface area contributed by atoms with Crippen LogP contribution in [0.15, 0.2) is 24.9 Å². The maximum absolute atomic E-state index is 6.45. The maximum atomic E-state index is 6.45. The van der Waals surface area contributed by atoms with Crippen molar-refractivity contribution in [3.8, 4) is 11.4 Å². The van der Waals surface area contributed by atoms with Gasteiger partial charge in [0.2, 0.25) is 0 Å². The number of ether oxygens (including phenoxy) is 1. The van der Waals surface area contributed by atoms with E-state index in [2.05, 4.69) is 29.7 Å². The molecule has 0 bridgehead atoms. The third-order valence-electron chi connectivity index (χ3n) is 5.12. The lowest BCUT2D eigenvalue weighted by Gasteiger charge is -2.27. The van der Waals surface area contributed by atoms with Crippen LogP contribution in [0.2, 0.25) is 5.15 Å². The second-order valence-electron chi connectivity index (χ2n) is 7.06. The second kappa shape index (κ2) is 8.27. The lowest BCUT2D eigenvalue weighted by molar-refractivity contribution is 0.122. The standard InChI is InChI=1S/C19H20ClN7OS/c20-17-16(29-19(25-17)27-3-5-28-6-4-27)11-26-2-1-15-14(10-26)9-23-18(24-15)13-7-21-12-22-8-13/h7-9,12H,1-6,10-11H2. The first-order valence-corrected chi connectivity index (χ1v) is 10.8. The van der Waals surface area contributed by atoms with Crippen LogP contribution in [0.4, 0.5) is 5.13 Å². The van der Waals surface area contributed by atoms with Crippen molar-refractivity contribution in [2.75, 3.05) is 37.7 Å². The number of halogens is 1. The number of rotatable bonds is 4. The molecule has 0 spiro atoms. The van der Waals surface area contributed by atoms with Crippen LogP contribution in [0.25, 0.3) is 11.4 Å². The number of thiazole rings is 1. The lowest BCUT2D eigenvalue weighted by atomic mass is 10.1. The SMILES string of the molecule is Clc1nc(N2CCOCC2)sc1CN1CCc2nc(-c3cncnc3)ncc2C1. The van der Waals surface area contributed by atoms with E-state index < -0.39 is 0 Å². The minimum absolute atomic E-state index is 0.609. The Hall–Kier alpha value is -2.20. The third-order valence-corrected chi connectivity index (χ3v) is 6.64. The molecule has 10 heteroatoms. The van der Waals surface area contributed by atoms with Gasteiger partial charge in [0.15, 0.2) is 11.0 Å². The van der Waals surface area contributed by atoms with Crippen molar-refractivity contribution >= 4 is 28.1 Å². The highest BCUT2D eigenvalue weighted by atomic mass is 35.5. The van der Waals surface area contributed by atoms with Crippen LogP contribution < -0.4 is 4.90 Å². The van der Waals surface area contributed by atoms with Gasteiger partial charge in [0, 0.05) is 63.3 Å². The first kappa shape index (κ1) is 18.8. The van der Waals surface area contributed by atoms with Gasteiger partial charge >= 0.3 is 0 Å².